The van der Waals surface area contributed by atoms with Crippen LogP contribution in [0.3, 0.4) is 0 Å². The number of aryl methyl sites for hydroxylation is 1. The van der Waals surface area contributed by atoms with Crippen LogP contribution >= 0.6 is 0 Å². The molecule has 1 heterocycles. The maximum Gasteiger partial charge on any atom is 0.272 e. The van der Waals surface area contributed by atoms with Crippen LogP contribution in [0.5, 0.6) is 0 Å². The molecule has 0 aromatic heterocycles. The fourth-order valence-corrected chi connectivity index (χ4v) is 3.04. The Hall–Kier alpha value is -1.43. The van der Waals surface area contributed by atoms with Gasteiger partial charge in [0.25, 0.3) is 5.69 Å². The second-order valence-electron chi connectivity index (χ2n) is 3.85. The molecule has 0 saturated carbocycles. The van der Waals surface area contributed by atoms with E-state index < -0.39 is 14.7 Å². The SMILES string of the molecule is Cc1cc(N=S2(=O)CCC2)ccc1[N+](=O)[O-]. The highest BCUT2D eigenvalue weighted by atomic mass is 32.2. The summed E-state index contributed by atoms with van der Waals surface area (Å²) in [6.45, 7) is 1.66. The van der Waals surface area contributed by atoms with Crippen LogP contribution in [0.2, 0.25) is 0 Å². The average Bonchev–Trinajstić information content (AvgIpc) is 2.14. The molecule has 2 rings (SSSR count). The number of nitrogens with zero attached hydrogens (tertiary/aromatic N) is 2. The third kappa shape index (κ3) is 2.06. The van der Waals surface area contributed by atoms with Gasteiger partial charge in [-0.15, -0.1) is 0 Å². The van der Waals surface area contributed by atoms with Crippen molar-refractivity contribution in [2.24, 2.45) is 4.36 Å². The van der Waals surface area contributed by atoms with E-state index in [2.05, 4.69) is 4.36 Å². The first-order chi connectivity index (χ1) is 7.50. The molecule has 1 aliphatic heterocycles. The highest BCUT2D eigenvalue weighted by molar-refractivity contribution is 7.95. The van der Waals surface area contributed by atoms with Gasteiger partial charge in [-0.25, -0.2) is 4.21 Å². The molecule has 0 amide bonds. The summed E-state index contributed by atoms with van der Waals surface area (Å²) in [5, 5.41) is 10.6. The van der Waals surface area contributed by atoms with E-state index in [1.807, 2.05) is 0 Å². The van der Waals surface area contributed by atoms with Crippen LogP contribution in [0.1, 0.15) is 12.0 Å². The van der Waals surface area contributed by atoms with Crippen molar-refractivity contribution in [1.82, 2.24) is 0 Å². The third-order valence-corrected chi connectivity index (χ3v) is 4.97. The second-order valence-corrected chi connectivity index (χ2v) is 6.40. The van der Waals surface area contributed by atoms with Gasteiger partial charge in [-0.3, -0.25) is 10.1 Å². The van der Waals surface area contributed by atoms with Gasteiger partial charge in [0, 0.05) is 23.1 Å². The Morgan fingerprint density at radius 2 is 2.12 bits per heavy atom. The van der Waals surface area contributed by atoms with Gasteiger partial charge < -0.3 is 0 Å². The van der Waals surface area contributed by atoms with Crippen LogP contribution in [-0.2, 0) is 9.73 Å². The van der Waals surface area contributed by atoms with Crippen molar-refractivity contribution in [2.75, 3.05) is 11.5 Å². The number of nitro benzene ring substituents is 1. The van der Waals surface area contributed by atoms with Crippen molar-refractivity contribution in [3.63, 3.8) is 0 Å². The molecule has 16 heavy (non-hydrogen) atoms. The molecule has 0 spiro atoms. The lowest BCUT2D eigenvalue weighted by Crippen LogP contribution is -2.22. The molecule has 1 aromatic rings. The molecular formula is C10H12N2O3S. The summed E-state index contributed by atoms with van der Waals surface area (Å²) < 4.78 is 16.0. The second kappa shape index (κ2) is 3.86. The fraction of sp³-hybridized carbons (Fsp3) is 0.400. The predicted molar refractivity (Wildman–Crippen MR) is 62.4 cm³/mol. The minimum atomic E-state index is -2.04. The molecule has 6 heteroatoms. The standard InChI is InChI=1S/C10H12N2O3S/c1-8-7-9(3-4-10(8)12(13)14)11-16(15)5-2-6-16/h3-4,7H,2,5-6H2,1H3. The third-order valence-electron chi connectivity index (χ3n) is 2.58. The smallest absolute Gasteiger partial charge is 0.258 e. The molecule has 86 valence electrons. The molecule has 0 N–H and O–H groups in total. The van der Waals surface area contributed by atoms with Crippen molar-refractivity contribution in [1.29, 1.82) is 0 Å². The van der Waals surface area contributed by atoms with E-state index in [4.69, 9.17) is 0 Å². The number of rotatable bonds is 2. The van der Waals surface area contributed by atoms with Gasteiger partial charge in [-0.05, 0) is 25.5 Å². The predicted octanol–water partition coefficient (Wildman–Crippen LogP) is 2.41. The number of benzene rings is 1. The maximum atomic E-state index is 11.8. The van der Waals surface area contributed by atoms with Gasteiger partial charge in [0.15, 0.2) is 0 Å². The summed E-state index contributed by atoms with van der Waals surface area (Å²) in [4.78, 5) is 10.2. The van der Waals surface area contributed by atoms with E-state index in [1.165, 1.54) is 6.07 Å². The Balaban J connectivity index is 2.39. The van der Waals surface area contributed by atoms with E-state index in [-0.39, 0.29) is 5.69 Å². The Morgan fingerprint density at radius 3 is 2.56 bits per heavy atom. The molecule has 1 fully saturated rings. The number of nitro groups is 1. The van der Waals surface area contributed by atoms with E-state index in [9.17, 15) is 14.3 Å². The zero-order valence-electron chi connectivity index (χ0n) is 8.88. The van der Waals surface area contributed by atoms with Gasteiger partial charge in [0.1, 0.15) is 0 Å². The zero-order chi connectivity index (χ0) is 11.8. The Morgan fingerprint density at radius 1 is 1.44 bits per heavy atom. The summed E-state index contributed by atoms with van der Waals surface area (Å²) in [5.41, 5.74) is 1.20. The molecule has 1 saturated heterocycles. The van der Waals surface area contributed by atoms with Crippen LogP contribution < -0.4 is 0 Å². The van der Waals surface area contributed by atoms with E-state index in [0.717, 1.165) is 6.42 Å². The minimum Gasteiger partial charge on any atom is -0.258 e. The highest BCUT2D eigenvalue weighted by Gasteiger charge is 2.19. The summed E-state index contributed by atoms with van der Waals surface area (Å²) in [6, 6.07) is 4.58. The Bertz CT molecular complexity index is 549. The molecule has 0 aliphatic carbocycles. The summed E-state index contributed by atoms with van der Waals surface area (Å²) in [5.74, 6) is 1.28. The largest absolute Gasteiger partial charge is 0.272 e. The lowest BCUT2D eigenvalue weighted by Gasteiger charge is -2.17. The first kappa shape index (κ1) is 11.1. The highest BCUT2D eigenvalue weighted by Crippen LogP contribution is 2.26. The summed E-state index contributed by atoms with van der Waals surface area (Å²) in [7, 11) is -2.04. The minimum absolute atomic E-state index is 0.0718. The van der Waals surface area contributed by atoms with E-state index >= 15 is 0 Å². The van der Waals surface area contributed by atoms with Crippen molar-refractivity contribution >= 4 is 21.1 Å². The quantitative estimate of drug-likeness (QED) is 0.588. The van der Waals surface area contributed by atoms with Crippen molar-refractivity contribution < 1.29 is 9.13 Å². The average molecular weight is 240 g/mol. The topological polar surface area (TPSA) is 72.6 Å². The van der Waals surface area contributed by atoms with Gasteiger partial charge in [-0.2, -0.15) is 4.36 Å². The molecule has 0 bridgehead atoms. The number of hydrogen-bond acceptors (Lipinski definition) is 4. The summed E-state index contributed by atoms with van der Waals surface area (Å²) in [6.07, 6.45) is 0.953. The van der Waals surface area contributed by atoms with Crippen LogP contribution in [0, 0.1) is 17.0 Å². The normalized spacial score (nSPS) is 17.6. The van der Waals surface area contributed by atoms with Crippen LogP contribution in [0.25, 0.3) is 0 Å². The van der Waals surface area contributed by atoms with Crippen LogP contribution in [0.4, 0.5) is 11.4 Å². The van der Waals surface area contributed by atoms with Gasteiger partial charge >= 0.3 is 0 Å². The molecule has 1 aliphatic rings. The van der Waals surface area contributed by atoms with Gasteiger partial charge in [0.05, 0.1) is 20.3 Å². The Labute approximate surface area is 93.8 Å². The maximum absolute atomic E-state index is 11.8. The first-order valence-electron chi connectivity index (χ1n) is 4.98. The molecule has 0 radical (unpaired) electrons. The van der Waals surface area contributed by atoms with E-state index in [1.54, 1.807) is 19.1 Å². The Kier molecular flexibility index (Phi) is 2.67. The van der Waals surface area contributed by atoms with Crippen molar-refractivity contribution in [3.05, 3.63) is 33.9 Å². The van der Waals surface area contributed by atoms with Gasteiger partial charge in [0.2, 0.25) is 0 Å². The fourth-order valence-electron chi connectivity index (χ4n) is 1.58. The van der Waals surface area contributed by atoms with E-state index in [0.29, 0.717) is 22.8 Å². The lowest BCUT2D eigenvalue weighted by molar-refractivity contribution is -0.385. The zero-order valence-corrected chi connectivity index (χ0v) is 9.70. The molecule has 0 atom stereocenters. The van der Waals surface area contributed by atoms with Crippen LogP contribution in [-0.4, -0.2) is 20.6 Å². The van der Waals surface area contributed by atoms with Crippen molar-refractivity contribution in [2.45, 2.75) is 13.3 Å². The molecule has 5 nitrogen and oxygen atoms in total. The first-order valence-corrected chi connectivity index (χ1v) is 6.83. The van der Waals surface area contributed by atoms with Crippen molar-refractivity contribution in [3.8, 4) is 0 Å². The molecule has 1 aromatic carbocycles. The van der Waals surface area contributed by atoms with Gasteiger partial charge in [-0.1, -0.05) is 0 Å². The van der Waals surface area contributed by atoms with Crippen LogP contribution in [0.15, 0.2) is 22.6 Å². The molecular weight excluding hydrogens is 228 g/mol. The molecule has 0 unspecified atom stereocenters. The lowest BCUT2D eigenvalue weighted by atomic mass is 10.2. The summed E-state index contributed by atoms with van der Waals surface area (Å²) >= 11 is 0. The number of hydrogen-bond donors (Lipinski definition) is 0. The monoisotopic (exact) mass is 240 g/mol.